The van der Waals surface area contributed by atoms with E-state index in [0.29, 0.717) is 12.1 Å². The van der Waals surface area contributed by atoms with Crippen molar-refractivity contribution in [3.8, 4) is 0 Å². The molecule has 0 aromatic carbocycles. The maximum absolute atomic E-state index is 11.8. The lowest BCUT2D eigenvalue weighted by molar-refractivity contribution is 0.0887. The van der Waals surface area contributed by atoms with Crippen LogP contribution >= 0.6 is 0 Å². The van der Waals surface area contributed by atoms with Crippen molar-refractivity contribution in [1.29, 1.82) is 0 Å². The van der Waals surface area contributed by atoms with Gasteiger partial charge in [0.15, 0.2) is 5.69 Å². The number of rotatable bonds is 4. The zero-order valence-electron chi connectivity index (χ0n) is 10.6. The zero-order chi connectivity index (χ0) is 13.1. The third-order valence-corrected chi connectivity index (χ3v) is 2.28. The quantitative estimate of drug-likeness (QED) is 0.817. The molecule has 0 saturated heterocycles. The van der Waals surface area contributed by atoms with Crippen molar-refractivity contribution in [1.82, 2.24) is 15.6 Å². The van der Waals surface area contributed by atoms with E-state index in [1.54, 1.807) is 6.92 Å². The van der Waals surface area contributed by atoms with Gasteiger partial charge in [0.25, 0.3) is 5.91 Å². The summed E-state index contributed by atoms with van der Waals surface area (Å²) in [5.41, 5.74) is 0.630. The maximum Gasteiger partial charge on any atom is 0.275 e. The highest BCUT2D eigenvalue weighted by molar-refractivity contribution is 5.93. The summed E-state index contributed by atoms with van der Waals surface area (Å²) in [5.74, 6) is -0.368. The van der Waals surface area contributed by atoms with E-state index in [4.69, 9.17) is 0 Å². The molecule has 1 aromatic rings. The van der Waals surface area contributed by atoms with Gasteiger partial charge in [0.1, 0.15) is 5.69 Å². The Morgan fingerprint density at radius 2 is 2.12 bits per heavy atom. The van der Waals surface area contributed by atoms with Crippen molar-refractivity contribution in [3.63, 3.8) is 0 Å². The molecule has 96 valence electrons. The third-order valence-electron chi connectivity index (χ3n) is 2.28. The lowest BCUT2D eigenvalue weighted by atomic mass is 9.88. The van der Waals surface area contributed by atoms with Gasteiger partial charge in [-0.1, -0.05) is 25.9 Å². The summed E-state index contributed by atoms with van der Waals surface area (Å²) >= 11 is 0. The van der Waals surface area contributed by atoms with E-state index in [9.17, 15) is 9.90 Å². The first-order valence-corrected chi connectivity index (χ1v) is 5.54. The molecule has 0 saturated carbocycles. The normalized spacial score (nSPS) is 13.5. The molecule has 0 spiro atoms. The lowest BCUT2D eigenvalue weighted by Crippen LogP contribution is -2.40. The fraction of sp³-hybridized carbons (Fsp3) is 0.727. The van der Waals surface area contributed by atoms with Crippen molar-refractivity contribution in [2.45, 2.75) is 40.2 Å². The number of carbonyl (C=O) groups excluding carboxylic acids is 1. The third kappa shape index (κ3) is 4.14. The van der Waals surface area contributed by atoms with Gasteiger partial charge < -0.3 is 10.4 Å². The number of hydrogen-bond donors (Lipinski definition) is 2. The van der Waals surface area contributed by atoms with Crippen LogP contribution < -0.4 is 5.32 Å². The predicted molar refractivity (Wildman–Crippen MR) is 61.4 cm³/mol. The molecule has 0 fully saturated rings. The maximum atomic E-state index is 11.8. The summed E-state index contributed by atoms with van der Waals surface area (Å²) in [6, 6.07) is -0.293. The molecule has 1 rings (SSSR count). The topological polar surface area (TPSA) is 88.2 Å². The van der Waals surface area contributed by atoms with Crippen LogP contribution in [-0.4, -0.2) is 34.0 Å². The van der Waals surface area contributed by atoms with Crippen LogP contribution in [0.15, 0.2) is 4.63 Å². The summed E-state index contributed by atoms with van der Waals surface area (Å²) in [5, 5.41) is 19.0. The minimum absolute atomic E-state index is 0.0256. The van der Waals surface area contributed by atoms with E-state index in [-0.39, 0.29) is 29.7 Å². The molecule has 6 nitrogen and oxygen atoms in total. The molecule has 1 amide bonds. The Morgan fingerprint density at radius 1 is 1.47 bits per heavy atom. The number of amides is 1. The fourth-order valence-electron chi connectivity index (χ4n) is 1.59. The summed E-state index contributed by atoms with van der Waals surface area (Å²) < 4.78 is 4.46. The Balaban J connectivity index is 2.63. The van der Waals surface area contributed by atoms with E-state index in [0.717, 1.165) is 0 Å². The first-order valence-electron chi connectivity index (χ1n) is 5.54. The Labute approximate surface area is 100 Å². The molecule has 0 aliphatic heterocycles. The van der Waals surface area contributed by atoms with Crippen molar-refractivity contribution in [3.05, 3.63) is 11.4 Å². The number of hydrogen-bond acceptors (Lipinski definition) is 5. The molecular weight excluding hydrogens is 222 g/mol. The van der Waals surface area contributed by atoms with Gasteiger partial charge in [0.2, 0.25) is 0 Å². The van der Waals surface area contributed by atoms with Crippen LogP contribution in [-0.2, 0) is 0 Å². The second kappa shape index (κ2) is 5.27. The van der Waals surface area contributed by atoms with Gasteiger partial charge in [-0.25, -0.2) is 4.63 Å². The smallest absolute Gasteiger partial charge is 0.275 e. The van der Waals surface area contributed by atoms with Crippen LogP contribution in [0.5, 0.6) is 0 Å². The van der Waals surface area contributed by atoms with Crippen LogP contribution in [0.3, 0.4) is 0 Å². The van der Waals surface area contributed by atoms with Gasteiger partial charge in [0, 0.05) is 0 Å². The highest BCUT2D eigenvalue weighted by Crippen LogP contribution is 2.20. The van der Waals surface area contributed by atoms with E-state index < -0.39 is 0 Å². The highest BCUT2D eigenvalue weighted by Gasteiger charge is 2.22. The number of nitrogens with one attached hydrogen (secondary N) is 1. The van der Waals surface area contributed by atoms with Crippen LogP contribution in [0.1, 0.15) is 43.4 Å². The van der Waals surface area contributed by atoms with Crippen molar-refractivity contribution < 1.29 is 14.5 Å². The average Bonchev–Trinajstić information content (AvgIpc) is 2.61. The number of carbonyl (C=O) groups is 1. The SMILES string of the molecule is Cc1nonc1C(=O)NC(CO)CC(C)(C)C. The van der Waals surface area contributed by atoms with Crippen LogP contribution in [0, 0.1) is 12.3 Å². The molecular formula is C11H19N3O3. The van der Waals surface area contributed by atoms with Gasteiger partial charge in [-0.3, -0.25) is 4.79 Å². The molecule has 6 heteroatoms. The van der Waals surface area contributed by atoms with Crippen LogP contribution in [0.4, 0.5) is 0 Å². The Kier molecular flexibility index (Phi) is 4.22. The monoisotopic (exact) mass is 241 g/mol. The molecule has 2 N–H and O–H groups in total. The number of aliphatic hydroxyl groups is 1. The summed E-state index contributed by atoms with van der Waals surface area (Å²) in [6.45, 7) is 7.68. The summed E-state index contributed by atoms with van der Waals surface area (Å²) in [7, 11) is 0. The largest absolute Gasteiger partial charge is 0.394 e. The van der Waals surface area contributed by atoms with Crippen molar-refractivity contribution in [2.75, 3.05) is 6.61 Å². The molecule has 0 aliphatic carbocycles. The standard InChI is InChI=1S/C11H19N3O3/c1-7-9(14-17-13-7)10(16)12-8(6-15)5-11(2,3)4/h8,15H,5-6H2,1-4H3,(H,12,16). The van der Waals surface area contributed by atoms with Crippen LogP contribution in [0.25, 0.3) is 0 Å². The van der Waals surface area contributed by atoms with Crippen LogP contribution in [0.2, 0.25) is 0 Å². The lowest BCUT2D eigenvalue weighted by Gasteiger charge is -2.25. The van der Waals surface area contributed by atoms with E-state index in [1.165, 1.54) is 0 Å². The second-order valence-corrected chi connectivity index (χ2v) is 5.32. The van der Waals surface area contributed by atoms with E-state index >= 15 is 0 Å². The molecule has 1 heterocycles. The molecule has 0 bridgehead atoms. The minimum atomic E-state index is -0.368. The minimum Gasteiger partial charge on any atom is -0.394 e. The Bertz CT molecular complexity index is 382. The Hall–Kier alpha value is -1.43. The first-order chi connectivity index (χ1) is 7.83. The van der Waals surface area contributed by atoms with Gasteiger partial charge in [0.05, 0.1) is 12.6 Å². The van der Waals surface area contributed by atoms with Crippen molar-refractivity contribution in [2.24, 2.45) is 5.41 Å². The molecule has 1 aromatic heterocycles. The second-order valence-electron chi connectivity index (χ2n) is 5.32. The highest BCUT2D eigenvalue weighted by atomic mass is 16.6. The van der Waals surface area contributed by atoms with Gasteiger partial charge in [-0.05, 0) is 23.9 Å². The number of nitrogens with zero attached hydrogens (tertiary/aromatic N) is 2. The fourth-order valence-corrected chi connectivity index (χ4v) is 1.59. The zero-order valence-corrected chi connectivity index (χ0v) is 10.6. The molecule has 0 aliphatic rings. The molecule has 17 heavy (non-hydrogen) atoms. The summed E-state index contributed by atoms with van der Waals surface area (Å²) in [4.78, 5) is 11.8. The number of aliphatic hydroxyl groups excluding tert-OH is 1. The Morgan fingerprint density at radius 3 is 2.53 bits per heavy atom. The van der Waals surface area contributed by atoms with Gasteiger partial charge in [-0.2, -0.15) is 0 Å². The molecule has 0 radical (unpaired) electrons. The predicted octanol–water partition coefficient (Wildman–Crippen LogP) is 0.905. The molecule has 1 unspecified atom stereocenters. The first kappa shape index (κ1) is 13.6. The number of aryl methyl sites for hydroxylation is 1. The molecule has 1 atom stereocenters. The summed E-state index contributed by atoms with van der Waals surface area (Å²) in [6.07, 6.45) is 0.680. The number of aromatic nitrogens is 2. The van der Waals surface area contributed by atoms with Gasteiger partial charge in [-0.15, -0.1) is 0 Å². The average molecular weight is 241 g/mol. The van der Waals surface area contributed by atoms with Crippen molar-refractivity contribution >= 4 is 5.91 Å². The van der Waals surface area contributed by atoms with Gasteiger partial charge >= 0.3 is 0 Å². The van der Waals surface area contributed by atoms with E-state index in [2.05, 4.69) is 20.3 Å². The van der Waals surface area contributed by atoms with E-state index in [1.807, 2.05) is 20.8 Å².